The van der Waals surface area contributed by atoms with Crippen LogP contribution in [0.2, 0.25) is 0 Å². The van der Waals surface area contributed by atoms with Crippen molar-refractivity contribution in [1.29, 1.82) is 5.41 Å². The molecule has 1 N–H and O–H groups in total. The molecule has 2 aliphatic carbocycles. The Morgan fingerprint density at radius 3 is 2.58 bits per heavy atom. The molecule has 0 aromatic carbocycles. The van der Waals surface area contributed by atoms with Crippen LogP contribution in [0.4, 0.5) is 0 Å². The topological polar surface area (TPSA) is 23.9 Å². The zero-order valence-corrected chi connectivity index (χ0v) is 7.97. The van der Waals surface area contributed by atoms with Crippen molar-refractivity contribution in [2.75, 3.05) is 0 Å². The van der Waals surface area contributed by atoms with E-state index in [-0.39, 0.29) is 0 Å². The first kappa shape index (κ1) is 8.28. The van der Waals surface area contributed by atoms with Gasteiger partial charge in [0, 0.05) is 11.6 Å². The standard InChI is InChI=1S/C11H19N/c1-8-4-2-3-5-9(6-8)10-7-11(10)12/h8-10,12H,2-7H2,1H3. The Labute approximate surface area is 75.1 Å². The highest BCUT2D eigenvalue weighted by molar-refractivity contribution is 5.98. The third-order valence-corrected chi connectivity index (χ3v) is 3.52. The fourth-order valence-electron chi connectivity index (χ4n) is 2.65. The second kappa shape index (κ2) is 3.20. The molecule has 2 fully saturated rings. The summed E-state index contributed by atoms with van der Waals surface area (Å²) in [4.78, 5) is 0. The Balaban J connectivity index is 1.91. The van der Waals surface area contributed by atoms with Crippen molar-refractivity contribution in [2.45, 2.75) is 45.4 Å². The molecule has 12 heavy (non-hydrogen) atoms. The van der Waals surface area contributed by atoms with Gasteiger partial charge in [-0.2, -0.15) is 0 Å². The van der Waals surface area contributed by atoms with Gasteiger partial charge in [0.1, 0.15) is 0 Å². The SMILES string of the molecule is CC1CCCCC(C2CC2=N)C1. The molecular weight excluding hydrogens is 146 g/mol. The van der Waals surface area contributed by atoms with Crippen LogP contribution < -0.4 is 0 Å². The van der Waals surface area contributed by atoms with Gasteiger partial charge in [-0.1, -0.05) is 26.2 Å². The molecule has 1 nitrogen and oxygen atoms in total. The molecule has 2 aliphatic rings. The van der Waals surface area contributed by atoms with E-state index in [2.05, 4.69) is 6.92 Å². The van der Waals surface area contributed by atoms with Crippen LogP contribution in [-0.2, 0) is 0 Å². The Morgan fingerprint density at radius 2 is 1.92 bits per heavy atom. The number of rotatable bonds is 1. The molecule has 0 radical (unpaired) electrons. The van der Waals surface area contributed by atoms with Crippen molar-refractivity contribution in [3.8, 4) is 0 Å². The molecule has 3 unspecified atom stereocenters. The molecule has 2 saturated carbocycles. The minimum Gasteiger partial charge on any atom is -0.309 e. The Kier molecular flexibility index (Phi) is 2.20. The summed E-state index contributed by atoms with van der Waals surface area (Å²) in [6.45, 7) is 2.38. The molecule has 1 heteroatoms. The lowest BCUT2D eigenvalue weighted by Crippen LogP contribution is -2.06. The number of hydrogen-bond acceptors (Lipinski definition) is 1. The van der Waals surface area contributed by atoms with Crippen molar-refractivity contribution >= 4 is 5.71 Å². The summed E-state index contributed by atoms with van der Waals surface area (Å²) in [5, 5.41) is 7.54. The van der Waals surface area contributed by atoms with E-state index in [4.69, 9.17) is 5.41 Å². The van der Waals surface area contributed by atoms with Crippen molar-refractivity contribution in [3.05, 3.63) is 0 Å². The predicted molar refractivity (Wildman–Crippen MR) is 51.6 cm³/mol. The van der Waals surface area contributed by atoms with E-state index in [0.717, 1.165) is 24.0 Å². The maximum Gasteiger partial charge on any atom is 0.0133 e. The fraction of sp³-hybridized carbons (Fsp3) is 0.909. The molecule has 0 saturated heterocycles. The maximum absolute atomic E-state index is 7.54. The van der Waals surface area contributed by atoms with Crippen LogP contribution in [0.25, 0.3) is 0 Å². The average Bonchev–Trinajstić information content (AvgIpc) is 2.75. The minimum absolute atomic E-state index is 0.713. The van der Waals surface area contributed by atoms with E-state index < -0.39 is 0 Å². The van der Waals surface area contributed by atoms with E-state index in [1.54, 1.807) is 0 Å². The third-order valence-electron chi connectivity index (χ3n) is 3.52. The molecule has 3 atom stereocenters. The molecule has 0 bridgehead atoms. The summed E-state index contributed by atoms with van der Waals surface area (Å²) in [5.74, 6) is 2.52. The van der Waals surface area contributed by atoms with E-state index in [9.17, 15) is 0 Å². The first-order valence-corrected chi connectivity index (χ1v) is 5.34. The van der Waals surface area contributed by atoms with Gasteiger partial charge in [0.2, 0.25) is 0 Å². The third kappa shape index (κ3) is 1.70. The predicted octanol–water partition coefficient (Wildman–Crippen LogP) is 3.24. The van der Waals surface area contributed by atoms with Crippen LogP contribution in [0, 0.1) is 23.2 Å². The van der Waals surface area contributed by atoms with Crippen LogP contribution in [0.15, 0.2) is 0 Å². The number of hydrogen-bond donors (Lipinski definition) is 1. The van der Waals surface area contributed by atoms with E-state index in [0.29, 0.717) is 5.92 Å². The lowest BCUT2D eigenvalue weighted by molar-refractivity contribution is 0.370. The van der Waals surface area contributed by atoms with Crippen molar-refractivity contribution in [1.82, 2.24) is 0 Å². The molecule has 0 aromatic rings. The zero-order valence-electron chi connectivity index (χ0n) is 7.97. The van der Waals surface area contributed by atoms with Crippen molar-refractivity contribution in [3.63, 3.8) is 0 Å². The largest absolute Gasteiger partial charge is 0.309 e. The average molecular weight is 165 g/mol. The van der Waals surface area contributed by atoms with E-state index in [1.165, 1.54) is 32.1 Å². The Hall–Kier alpha value is -0.330. The highest BCUT2D eigenvalue weighted by atomic mass is 14.6. The molecule has 2 rings (SSSR count). The normalized spacial score (nSPS) is 42.4. The van der Waals surface area contributed by atoms with Gasteiger partial charge >= 0.3 is 0 Å². The van der Waals surface area contributed by atoms with Crippen molar-refractivity contribution in [2.24, 2.45) is 17.8 Å². The maximum atomic E-state index is 7.54. The second-order valence-electron chi connectivity index (χ2n) is 4.72. The van der Waals surface area contributed by atoms with Crippen LogP contribution in [-0.4, -0.2) is 5.71 Å². The summed E-state index contributed by atoms with van der Waals surface area (Å²) in [6.07, 6.45) is 8.19. The first-order valence-electron chi connectivity index (χ1n) is 5.34. The first-order chi connectivity index (χ1) is 5.77. The summed E-state index contributed by atoms with van der Waals surface area (Å²) in [5.41, 5.74) is 1.04. The van der Waals surface area contributed by atoms with Gasteiger partial charge in [-0.15, -0.1) is 0 Å². The molecule has 0 aromatic heterocycles. The summed E-state index contributed by atoms with van der Waals surface area (Å²) in [6, 6.07) is 0. The monoisotopic (exact) mass is 165 g/mol. The van der Waals surface area contributed by atoms with Crippen LogP contribution in [0.1, 0.15) is 45.4 Å². The Morgan fingerprint density at radius 1 is 1.25 bits per heavy atom. The van der Waals surface area contributed by atoms with Gasteiger partial charge in [0.25, 0.3) is 0 Å². The lowest BCUT2D eigenvalue weighted by Gasteiger charge is -2.14. The van der Waals surface area contributed by atoms with Gasteiger partial charge in [0.05, 0.1) is 0 Å². The number of nitrogens with one attached hydrogen (secondary N) is 1. The molecule has 0 spiro atoms. The zero-order chi connectivity index (χ0) is 8.55. The quantitative estimate of drug-likeness (QED) is 0.577. The minimum atomic E-state index is 0.713. The molecule has 0 heterocycles. The van der Waals surface area contributed by atoms with E-state index in [1.807, 2.05) is 0 Å². The summed E-state index contributed by atoms with van der Waals surface area (Å²) < 4.78 is 0. The van der Waals surface area contributed by atoms with Crippen molar-refractivity contribution < 1.29 is 0 Å². The van der Waals surface area contributed by atoms with Gasteiger partial charge in [-0.3, -0.25) is 0 Å². The Bertz CT molecular complexity index is 185. The van der Waals surface area contributed by atoms with Gasteiger partial charge < -0.3 is 5.41 Å². The molecule has 68 valence electrons. The van der Waals surface area contributed by atoms with E-state index >= 15 is 0 Å². The smallest absolute Gasteiger partial charge is 0.0133 e. The summed E-state index contributed by atoms with van der Waals surface area (Å²) in [7, 11) is 0. The van der Waals surface area contributed by atoms with Gasteiger partial charge in [0.15, 0.2) is 0 Å². The fourth-order valence-corrected chi connectivity index (χ4v) is 2.65. The molecule has 0 amide bonds. The van der Waals surface area contributed by atoms with Crippen LogP contribution in [0.5, 0.6) is 0 Å². The lowest BCUT2D eigenvalue weighted by atomic mass is 9.90. The van der Waals surface area contributed by atoms with Crippen LogP contribution in [0.3, 0.4) is 0 Å². The van der Waals surface area contributed by atoms with Gasteiger partial charge in [-0.25, -0.2) is 0 Å². The molecular formula is C11H19N. The second-order valence-corrected chi connectivity index (χ2v) is 4.72. The highest BCUT2D eigenvalue weighted by Crippen LogP contribution is 2.41. The van der Waals surface area contributed by atoms with Gasteiger partial charge in [-0.05, 0) is 31.1 Å². The summed E-state index contributed by atoms with van der Waals surface area (Å²) >= 11 is 0. The molecule has 0 aliphatic heterocycles. The van der Waals surface area contributed by atoms with Crippen LogP contribution >= 0.6 is 0 Å². The highest BCUT2D eigenvalue weighted by Gasteiger charge is 2.38.